The Labute approximate surface area is 132 Å². The van der Waals surface area contributed by atoms with Crippen molar-refractivity contribution in [2.24, 2.45) is 5.92 Å². The number of pyridine rings is 1. The van der Waals surface area contributed by atoms with Crippen molar-refractivity contribution in [2.45, 2.75) is 13.3 Å². The molecule has 0 spiro atoms. The van der Waals surface area contributed by atoms with Gasteiger partial charge in [0.1, 0.15) is 5.82 Å². The van der Waals surface area contributed by atoms with Crippen LogP contribution < -0.4 is 10.6 Å². The highest BCUT2D eigenvalue weighted by molar-refractivity contribution is 9.10. The number of amides is 1. The van der Waals surface area contributed by atoms with Gasteiger partial charge in [-0.1, -0.05) is 18.2 Å². The van der Waals surface area contributed by atoms with Gasteiger partial charge in [0.2, 0.25) is 5.91 Å². The number of nitrogens with one attached hydrogen (secondary N) is 2. The Balaban J connectivity index is 1.70. The highest BCUT2D eigenvalue weighted by Gasteiger charge is 2.24. The summed E-state index contributed by atoms with van der Waals surface area (Å²) in [5.74, 6) is 0.524. The normalized spacial score (nSPS) is 16.8. The van der Waals surface area contributed by atoms with E-state index in [1.807, 2.05) is 31.2 Å². The van der Waals surface area contributed by atoms with Gasteiger partial charge in [0.15, 0.2) is 0 Å². The van der Waals surface area contributed by atoms with Gasteiger partial charge in [-0.05, 0) is 53.0 Å². The van der Waals surface area contributed by atoms with Crippen LogP contribution in [0.25, 0.3) is 0 Å². The molecule has 1 aliphatic heterocycles. The number of hydrogen-bond acceptors (Lipinski definition) is 3. The molecule has 2 N–H and O–H groups in total. The maximum absolute atomic E-state index is 12.4. The molecule has 1 unspecified atom stereocenters. The van der Waals surface area contributed by atoms with E-state index in [1.54, 1.807) is 6.07 Å². The van der Waals surface area contributed by atoms with Crippen LogP contribution in [0.15, 0.2) is 40.9 Å². The van der Waals surface area contributed by atoms with Gasteiger partial charge < -0.3 is 10.6 Å². The lowest BCUT2D eigenvalue weighted by atomic mass is 9.93. The quantitative estimate of drug-likeness (QED) is 0.877. The Kier molecular flexibility index (Phi) is 3.92. The smallest absolute Gasteiger partial charge is 0.230 e. The zero-order valence-electron chi connectivity index (χ0n) is 11.7. The molecule has 1 aromatic heterocycles. The van der Waals surface area contributed by atoms with E-state index in [0.717, 1.165) is 22.3 Å². The minimum absolute atomic E-state index is 0.00576. The fourth-order valence-electron chi connectivity index (χ4n) is 2.47. The summed E-state index contributed by atoms with van der Waals surface area (Å²) in [5.41, 5.74) is 3.17. The van der Waals surface area contributed by atoms with Crippen LogP contribution >= 0.6 is 15.9 Å². The van der Waals surface area contributed by atoms with E-state index >= 15 is 0 Å². The largest absolute Gasteiger partial charge is 0.384 e. The summed E-state index contributed by atoms with van der Waals surface area (Å²) in [4.78, 5) is 16.7. The third-order valence-corrected chi connectivity index (χ3v) is 4.50. The standard InChI is InChI=1S/C16H16BrN3O/c1-10-13(17)6-7-15(19-10)20-16(21)12-8-11-4-2-3-5-14(11)18-9-12/h2-7,12,18H,8-9H2,1H3,(H,19,20,21). The van der Waals surface area contributed by atoms with E-state index in [0.29, 0.717) is 12.4 Å². The molecule has 0 aliphatic carbocycles. The maximum atomic E-state index is 12.4. The number of anilines is 2. The summed E-state index contributed by atoms with van der Waals surface area (Å²) < 4.78 is 0.939. The van der Waals surface area contributed by atoms with Gasteiger partial charge in [0.25, 0.3) is 0 Å². The molecule has 2 heterocycles. The first-order valence-corrected chi connectivity index (χ1v) is 7.68. The van der Waals surface area contributed by atoms with Gasteiger partial charge in [-0.3, -0.25) is 4.79 Å². The van der Waals surface area contributed by atoms with Crippen LogP contribution in [0.4, 0.5) is 11.5 Å². The summed E-state index contributed by atoms with van der Waals surface area (Å²) in [6, 6.07) is 11.8. The molecule has 4 nitrogen and oxygen atoms in total. The van der Waals surface area contributed by atoms with Gasteiger partial charge in [-0.25, -0.2) is 4.98 Å². The van der Waals surface area contributed by atoms with E-state index in [1.165, 1.54) is 5.56 Å². The summed E-state index contributed by atoms with van der Waals surface area (Å²) in [6.45, 7) is 2.55. The number of rotatable bonds is 2. The van der Waals surface area contributed by atoms with Crippen molar-refractivity contribution in [3.8, 4) is 0 Å². The lowest BCUT2D eigenvalue weighted by molar-refractivity contribution is -0.119. The fourth-order valence-corrected chi connectivity index (χ4v) is 2.69. The molecule has 1 aromatic carbocycles. The maximum Gasteiger partial charge on any atom is 0.230 e. The average Bonchev–Trinajstić information content (AvgIpc) is 2.50. The molecule has 3 rings (SSSR count). The van der Waals surface area contributed by atoms with Crippen molar-refractivity contribution >= 4 is 33.3 Å². The van der Waals surface area contributed by atoms with Crippen LogP contribution in [-0.4, -0.2) is 17.4 Å². The van der Waals surface area contributed by atoms with Crippen molar-refractivity contribution in [3.05, 3.63) is 52.1 Å². The molecule has 0 saturated heterocycles. The number of para-hydroxylation sites is 1. The second kappa shape index (κ2) is 5.85. The van der Waals surface area contributed by atoms with Crippen molar-refractivity contribution in [3.63, 3.8) is 0 Å². The van der Waals surface area contributed by atoms with Crippen molar-refractivity contribution < 1.29 is 4.79 Å². The Hall–Kier alpha value is -1.88. The van der Waals surface area contributed by atoms with Crippen LogP contribution in [0, 0.1) is 12.8 Å². The average molecular weight is 346 g/mol. The second-order valence-electron chi connectivity index (χ2n) is 5.19. The fraction of sp³-hybridized carbons (Fsp3) is 0.250. The minimum atomic E-state index is -0.0781. The van der Waals surface area contributed by atoms with Crippen LogP contribution in [0.2, 0.25) is 0 Å². The van der Waals surface area contributed by atoms with E-state index in [9.17, 15) is 4.79 Å². The first kappa shape index (κ1) is 14.1. The first-order valence-electron chi connectivity index (χ1n) is 6.89. The third-order valence-electron chi connectivity index (χ3n) is 3.67. The summed E-state index contributed by atoms with van der Waals surface area (Å²) >= 11 is 3.40. The monoisotopic (exact) mass is 345 g/mol. The lowest BCUT2D eigenvalue weighted by Crippen LogP contribution is -2.34. The van der Waals surface area contributed by atoms with E-state index in [-0.39, 0.29) is 11.8 Å². The van der Waals surface area contributed by atoms with Gasteiger partial charge in [0, 0.05) is 16.7 Å². The predicted molar refractivity (Wildman–Crippen MR) is 87.4 cm³/mol. The van der Waals surface area contributed by atoms with Crippen molar-refractivity contribution in [1.82, 2.24) is 4.98 Å². The molecule has 0 saturated carbocycles. The van der Waals surface area contributed by atoms with Gasteiger partial charge in [-0.15, -0.1) is 0 Å². The zero-order chi connectivity index (χ0) is 14.8. The number of carbonyl (C=O) groups excluding carboxylic acids is 1. The molecule has 1 aliphatic rings. The number of fused-ring (bicyclic) bond motifs is 1. The zero-order valence-corrected chi connectivity index (χ0v) is 13.3. The van der Waals surface area contributed by atoms with Crippen LogP contribution in [-0.2, 0) is 11.2 Å². The molecular weight excluding hydrogens is 330 g/mol. The summed E-state index contributed by atoms with van der Waals surface area (Å²) in [7, 11) is 0. The SMILES string of the molecule is Cc1nc(NC(=O)C2CNc3ccccc3C2)ccc1Br. The molecule has 21 heavy (non-hydrogen) atoms. The van der Waals surface area contributed by atoms with Crippen molar-refractivity contribution in [1.29, 1.82) is 0 Å². The number of aromatic nitrogens is 1. The van der Waals surface area contributed by atoms with E-state index in [2.05, 4.69) is 37.6 Å². The number of benzene rings is 1. The van der Waals surface area contributed by atoms with E-state index < -0.39 is 0 Å². The highest BCUT2D eigenvalue weighted by atomic mass is 79.9. The molecule has 1 atom stereocenters. The summed E-state index contributed by atoms with van der Waals surface area (Å²) in [5, 5.41) is 6.21. The summed E-state index contributed by atoms with van der Waals surface area (Å²) in [6.07, 6.45) is 0.754. The van der Waals surface area contributed by atoms with E-state index in [4.69, 9.17) is 0 Å². The molecule has 1 amide bonds. The van der Waals surface area contributed by atoms with Crippen LogP contribution in [0.3, 0.4) is 0 Å². The number of halogens is 1. The second-order valence-corrected chi connectivity index (χ2v) is 6.05. The number of hydrogen-bond donors (Lipinski definition) is 2. The Morgan fingerprint density at radius 1 is 1.33 bits per heavy atom. The van der Waals surface area contributed by atoms with Crippen molar-refractivity contribution in [2.75, 3.05) is 17.2 Å². The molecule has 0 fully saturated rings. The number of aryl methyl sites for hydroxylation is 1. The van der Waals surface area contributed by atoms with Gasteiger partial charge in [-0.2, -0.15) is 0 Å². The number of carbonyl (C=O) groups is 1. The minimum Gasteiger partial charge on any atom is -0.384 e. The molecule has 5 heteroatoms. The van der Waals surface area contributed by atoms with Crippen LogP contribution in [0.1, 0.15) is 11.3 Å². The third kappa shape index (κ3) is 3.08. The topological polar surface area (TPSA) is 54.0 Å². The Morgan fingerprint density at radius 2 is 2.14 bits per heavy atom. The molecule has 0 radical (unpaired) electrons. The lowest BCUT2D eigenvalue weighted by Gasteiger charge is -2.25. The Bertz CT molecular complexity index is 687. The molecule has 0 bridgehead atoms. The highest BCUT2D eigenvalue weighted by Crippen LogP contribution is 2.25. The Morgan fingerprint density at radius 3 is 2.95 bits per heavy atom. The predicted octanol–water partition coefficient (Wildman–Crippen LogP) is 3.38. The van der Waals surface area contributed by atoms with Gasteiger partial charge in [0.05, 0.1) is 11.6 Å². The van der Waals surface area contributed by atoms with Crippen LogP contribution in [0.5, 0.6) is 0 Å². The first-order chi connectivity index (χ1) is 10.1. The number of nitrogens with zero attached hydrogens (tertiary/aromatic N) is 1. The molecule has 2 aromatic rings. The van der Waals surface area contributed by atoms with Gasteiger partial charge >= 0.3 is 0 Å². The molecular formula is C16H16BrN3O. The molecule has 108 valence electrons.